The van der Waals surface area contributed by atoms with E-state index in [0.717, 1.165) is 6.29 Å². The van der Waals surface area contributed by atoms with E-state index in [0.29, 0.717) is 28.0 Å². The predicted molar refractivity (Wildman–Crippen MR) is 80.6 cm³/mol. The van der Waals surface area contributed by atoms with Crippen molar-refractivity contribution in [2.75, 3.05) is 0 Å². The summed E-state index contributed by atoms with van der Waals surface area (Å²) in [6, 6.07) is 13.2. The number of pyridine rings is 1. The largest absolute Gasteiger partial charge is 0.478 e. The SMILES string of the molecule is O=Cc1ccc(Oc2nccc3c(C(=O)O)cccc23)cc1. The van der Waals surface area contributed by atoms with Crippen molar-refractivity contribution in [3.05, 3.63) is 65.9 Å². The van der Waals surface area contributed by atoms with Crippen molar-refractivity contribution < 1.29 is 19.4 Å². The molecule has 0 unspecified atom stereocenters. The van der Waals surface area contributed by atoms with Crippen LogP contribution in [0.15, 0.2) is 54.7 Å². The van der Waals surface area contributed by atoms with Gasteiger partial charge in [-0.1, -0.05) is 6.07 Å². The van der Waals surface area contributed by atoms with Crippen LogP contribution in [-0.2, 0) is 0 Å². The molecule has 0 amide bonds. The smallest absolute Gasteiger partial charge is 0.336 e. The van der Waals surface area contributed by atoms with Crippen molar-refractivity contribution in [3.63, 3.8) is 0 Å². The summed E-state index contributed by atoms with van der Waals surface area (Å²) in [6.45, 7) is 0. The van der Waals surface area contributed by atoms with Gasteiger partial charge in [0, 0.05) is 22.5 Å². The quantitative estimate of drug-likeness (QED) is 0.744. The standard InChI is InChI=1S/C17H11NO4/c19-10-11-4-6-12(7-5-11)22-16-14-2-1-3-15(17(20)21)13(14)8-9-18-16/h1-10H,(H,20,21). The molecule has 0 aliphatic heterocycles. The van der Waals surface area contributed by atoms with Crippen LogP contribution in [0.2, 0.25) is 0 Å². The fourth-order valence-corrected chi connectivity index (χ4v) is 2.17. The van der Waals surface area contributed by atoms with Gasteiger partial charge in [-0.2, -0.15) is 0 Å². The summed E-state index contributed by atoms with van der Waals surface area (Å²) in [4.78, 5) is 26.1. The highest BCUT2D eigenvalue weighted by Gasteiger charge is 2.12. The molecule has 5 nitrogen and oxygen atoms in total. The summed E-state index contributed by atoms with van der Waals surface area (Å²) in [7, 11) is 0. The molecule has 0 radical (unpaired) electrons. The Hall–Kier alpha value is -3.21. The molecule has 108 valence electrons. The Morgan fingerprint density at radius 3 is 2.50 bits per heavy atom. The third kappa shape index (κ3) is 2.52. The van der Waals surface area contributed by atoms with E-state index in [2.05, 4.69) is 4.98 Å². The molecule has 0 saturated carbocycles. The van der Waals surface area contributed by atoms with Gasteiger partial charge in [0.1, 0.15) is 12.0 Å². The Labute approximate surface area is 125 Å². The maximum Gasteiger partial charge on any atom is 0.336 e. The van der Waals surface area contributed by atoms with Crippen LogP contribution in [-0.4, -0.2) is 22.3 Å². The summed E-state index contributed by atoms with van der Waals surface area (Å²) in [6.07, 6.45) is 2.25. The number of fused-ring (bicyclic) bond motifs is 1. The fourth-order valence-electron chi connectivity index (χ4n) is 2.17. The first kappa shape index (κ1) is 13.8. The minimum absolute atomic E-state index is 0.195. The molecular weight excluding hydrogens is 282 g/mol. The number of aldehydes is 1. The molecule has 22 heavy (non-hydrogen) atoms. The number of benzene rings is 2. The molecule has 5 heteroatoms. The summed E-state index contributed by atoms with van der Waals surface area (Å²) in [5.74, 6) is -0.163. The normalized spacial score (nSPS) is 10.4. The highest BCUT2D eigenvalue weighted by Crippen LogP contribution is 2.29. The van der Waals surface area contributed by atoms with E-state index in [1.54, 1.807) is 42.5 Å². The summed E-state index contributed by atoms with van der Waals surface area (Å²) in [5.41, 5.74) is 0.743. The number of ether oxygens (including phenoxy) is 1. The molecule has 2 aromatic carbocycles. The Bertz CT molecular complexity index is 856. The molecule has 3 rings (SSSR count). The van der Waals surface area contributed by atoms with Gasteiger partial charge in [0.05, 0.1) is 5.56 Å². The van der Waals surface area contributed by atoms with Gasteiger partial charge < -0.3 is 9.84 Å². The second-order valence-electron chi connectivity index (χ2n) is 4.61. The molecule has 0 atom stereocenters. The zero-order valence-electron chi connectivity index (χ0n) is 11.4. The molecule has 0 spiro atoms. The number of aromatic nitrogens is 1. The zero-order valence-corrected chi connectivity index (χ0v) is 11.4. The maximum atomic E-state index is 11.3. The topological polar surface area (TPSA) is 76.5 Å². The highest BCUT2D eigenvalue weighted by atomic mass is 16.5. The first-order chi connectivity index (χ1) is 10.7. The number of nitrogens with zero attached hydrogens (tertiary/aromatic N) is 1. The second-order valence-corrected chi connectivity index (χ2v) is 4.61. The van der Waals surface area contributed by atoms with Gasteiger partial charge in [-0.05, 0) is 42.5 Å². The number of hydrogen-bond acceptors (Lipinski definition) is 4. The number of rotatable bonds is 4. The monoisotopic (exact) mass is 293 g/mol. The van der Waals surface area contributed by atoms with E-state index in [4.69, 9.17) is 4.74 Å². The van der Waals surface area contributed by atoms with Crippen LogP contribution in [0.25, 0.3) is 10.8 Å². The summed E-state index contributed by atoms with van der Waals surface area (Å²) >= 11 is 0. The molecule has 0 aliphatic rings. The van der Waals surface area contributed by atoms with Crippen molar-refractivity contribution in [3.8, 4) is 11.6 Å². The molecular formula is C17H11NO4. The minimum atomic E-state index is -1.00. The van der Waals surface area contributed by atoms with Crippen LogP contribution in [0.1, 0.15) is 20.7 Å². The maximum absolute atomic E-state index is 11.3. The Kier molecular flexibility index (Phi) is 3.53. The van der Waals surface area contributed by atoms with E-state index in [-0.39, 0.29) is 5.56 Å². The molecule has 0 fully saturated rings. The van der Waals surface area contributed by atoms with Crippen molar-refractivity contribution in [1.82, 2.24) is 4.98 Å². The zero-order chi connectivity index (χ0) is 15.5. The molecule has 0 saturated heterocycles. The third-order valence-electron chi connectivity index (χ3n) is 3.23. The number of carbonyl (C=O) groups excluding carboxylic acids is 1. The summed E-state index contributed by atoms with van der Waals surface area (Å²) < 4.78 is 5.71. The fraction of sp³-hybridized carbons (Fsp3) is 0. The molecule has 1 aromatic heterocycles. The first-order valence-electron chi connectivity index (χ1n) is 6.53. The average Bonchev–Trinajstić information content (AvgIpc) is 2.55. The molecule has 0 aliphatic carbocycles. The van der Waals surface area contributed by atoms with E-state index < -0.39 is 5.97 Å². The van der Waals surface area contributed by atoms with Crippen molar-refractivity contribution in [1.29, 1.82) is 0 Å². The minimum Gasteiger partial charge on any atom is -0.478 e. The number of carbonyl (C=O) groups is 2. The van der Waals surface area contributed by atoms with Crippen LogP contribution < -0.4 is 4.74 Å². The lowest BCUT2D eigenvalue weighted by atomic mass is 10.1. The first-order valence-corrected chi connectivity index (χ1v) is 6.53. The Balaban J connectivity index is 2.05. The number of hydrogen-bond donors (Lipinski definition) is 1. The van der Waals surface area contributed by atoms with E-state index in [1.807, 2.05) is 0 Å². The van der Waals surface area contributed by atoms with Crippen LogP contribution in [0, 0.1) is 0 Å². The number of aromatic carboxylic acids is 1. The van der Waals surface area contributed by atoms with Crippen LogP contribution in [0.4, 0.5) is 0 Å². The predicted octanol–water partition coefficient (Wildman–Crippen LogP) is 3.54. The average molecular weight is 293 g/mol. The Morgan fingerprint density at radius 2 is 1.82 bits per heavy atom. The molecule has 0 bridgehead atoms. The number of carboxylic acid groups (broad SMARTS) is 1. The van der Waals surface area contributed by atoms with E-state index in [1.165, 1.54) is 12.3 Å². The van der Waals surface area contributed by atoms with Crippen molar-refractivity contribution >= 4 is 23.0 Å². The molecule has 1 N–H and O–H groups in total. The van der Waals surface area contributed by atoms with Crippen molar-refractivity contribution in [2.45, 2.75) is 0 Å². The van der Waals surface area contributed by atoms with Crippen LogP contribution in [0.5, 0.6) is 11.6 Å². The van der Waals surface area contributed by atoms with Gasteiger partial charge in [0.25, 0.3) is 0 Å². The van der Waals surface area contributed by atoms with Gasteiger partial charge in [0.15, 0.2) is 0 Å². The van der Waals surface area contributed by atoms with E-state index >= 15 is 0 Å². The van der Waals surface area contributed by atoms with Gasteiger partial charge in [-0.3, -0.25) is 4.79 Å². The lowest BCUT2D eigenvalue weighted by molar-refractivity contribution is 0.0699. The van der Waals surface area contributed by atoms with Gasteiger partial charge in [-0.25, -0.2) is 9.78 Å². The third-order valence-corrected chi connectivity index (χ3v) is 3.23. The second kappa shape index (κ2) is 5.65. The van der Waals surface area contributed by atoms with E-state index in [9.17, 15) is 14.7 Å². The van der Waals surface area contributed by atoms with Gasteiger partial charge >= 0.3 is 5.97 Å². The lowest BCUT2D eigenvalue weighted by Crippen LogP contribution is -1.98. The molecule has 3 aromatic rings. The lowest BCUT2D eigenvalue weighted by Gasteiger charge is -2.09. The van der Waals surface area contributed by atoms with Crippen LogP contribution in [0.3, 0.4) is 0 Å². The van der Waals surface area contributed by atoms with Crippen LogP contribution >= 0.6 is 0 Å². The van der Waals surface area contributed by atoms with Crippen molar-refractivity contribution in [2.24, 2.45) is 0 Å². The Morgan fingerprint density at radius 1 is 1.05 bits per heavy atom. The summed E-state index contributed by atoms with van der Waals surface area (Å²) in [5, 5.41) is 10.4. The molecule has 1 heterocycles. The number of carboxylic acids is 1. The highest BCUT2D eigenvalue weighted by molar-refractivity contribution is 6.04. The van der Waals surface area contributed by atoms with Gasteiger partial charge in [-0.15, -0.1) is 0 Å². The van der Waals surface area contributed by atoms with Gasteiger partial charge in [0.2, 0.25) is 5.88 Å².